The van der Waals surface area contributed by atoms with Crippen LogP contribution in [0.4, 0.5) is 4.79 Å². The molecule has 7 rings (SSSR count). The molecule has 0 saturated carbocycles. The molecule has 0 aliphatic carbocycles. The molecule has 0 unspecified atom stereocenters. The van der Waals surface area contributed by atoms with Crippen molar-refractivity contribution < 1.29 is 33.8 Å². The Bertz CT molecular complexity index is 2420. The number of cyclic esters (lactones) is 1. The van der Waals surface area contributed by atoms with Crippen LogP contribution in [0.25, 0.3) is 33.4 Å². The number of likely N-dealkylation sites (N-methyl/N-ethyl adjacent to an activating group) is 2. The summed E-state index contributed by atoms with van der Waals surface area (Å²) in [7, 11) is 5.34. The fourth-order valence-electron chi connectivity index (χ4n) is 9.67. The fourth-order valence-corrected chi connectivity index (χ4v) is 10.5. The van der Waals surface area contributed by atoms with Gasteiger partial charge in [0, 0.05) is 104 Å². The van der Waals surface area contributed by atoms with Gasteiger partial charge in [-0.2, -0.15) is 5.43 Å². The highest BCUT2D eigenvalue weighted by molar-refractivity contribution is 7.10. The lowest BCUT2D eigenvalue weighted by Crippen LogP contribution is -2.67. The van der Waals surface area contributed by atoms with Crippen LogP contribution in [0.3, 0.4) is 0 Å². The number of piperazine rings is 1. The average molecular weight is 914 g/mol. The summed E-state index contributed by atoms with van der Waals surface area (Å²) < 4.78 is 14.1. The number of carbonyl (C=O) groups is 4. The van der Waals surface area contributed by atoms with Crippen molar-refractivity contribution in [3.05, 3.63) is 58.2 Å². The monoisotopic (exact) mass is 913 g/mol. The number of methoxy groups -OCH3 is 1. The maximum Gasteiger partial charge on any atom is 0.355 e. The number of nitrogens with one attached hydrogen (secondary N) is 2. The summed E-state index contributed by atoms with van der Waals surface area (Å²) >= 11 is 1.38. The number of aryl methyl sites for hydroxylation is 1. The van der Waals surface area contributed by atoms with Crippen molar-refractivity contribution in [2.24, 2.45) is 11.3 Å². The Morgan fingerprint density at radius 2 is 1.89 bits per heavy atom. The number of benzene rings is 1. The van der Waals surface area contributed by atoms with Crippen LogP contribution in [0.5, 0.6) is 0 Å². The summed E-state index contributed by atoms with van der Waals surface area (Å²) in [5.74, 6) is -2.26. The van der Waals surface area contributed by atoms with Crippen molar-refractivity contribution in [2.75, 3.05) is 47.4 Å². The number of aliphatic hydroxyl groups is 1. The van der Waals surface area contributed by atoms with Crippen molar-refractivity contribution in [2.45, 2.75) is 124 Å². The van der Waals surface area contributed by atoms with Crippen molar-refractivity contribution in [1.82, 2.24) is 45.0 Å². The summed E-state index contributed by atoms with van der Waals surface area (Å²) in [6.45, 7) is 18.0. The first-order valence-corrected chi connectivity index (χ1v) is 23.8. The number of pyridine rings is 1. The predicted molar refractivity (Wildman–Crippen MR) is 251 cm³/mol. The lowest BCUT2D eigenvalue weighted by molar-refractivity contribution is -0.189. The largest absolute Gasteiger partial charge is 0.462 e. The van der Waals surface area contributed by atoms with E-state index in [2.05, 4.69) is 58.3 Å². The van der Waals surface area contributed by atoms with Gasteiger partial charge in [-0.3, -0.25) is 24.5 Å². The third-order valence-corrected chi connectivity index (χ3v) is 14.3. The molecule has 2 fully saturated rings. The predicted octanol–water partition coefficient (Wildman–Crippen LogP) is 5.62. The minimum absolute atomic E-state index is 0.00689. The number of rotatable bonds is 8. The van der Waals surface area contributed by atoms with Crippen LogP contribution in [0.15, 0.2) is 41.9 Å². The molecule has 16 nitrogen and oxygen atoms in total. The molecule has 4 aromatic rings. The first-order valence-electron chi connectivity index (χ1n) is 22.9. The third-order valence-electron chi connectivity index (χ3n) is 13.4. The molecule has 0 spiro atoms. The summed E-state index contributed by atoms with van der Waals surface area (Å²) in [4.78, 5) is 72.6. The number of nitrogens with zero attached hydrogens (tertiary/aromatic N) is 7. The number of thiazole rings is 1. The first-order chi connectivity index (χ1) is 30.8. The lowest BCUT2D eigenvalue weighted by atomic mass is 9.84. The molecule has 6 atom stereocenters. The minimum atomic E-state index is -2.21. The van der Waals surface area contributed by atoms with Gasteiger partial charge in [-0.25, -0.2) is 14.6 Å². The SMILES string of the molecule is CCn1c(-c2cccnc2[C@H](C)OC)c2c3cc(ccc31)-c1csc(n1)C[C@H](NC(=O)[C@H](C(C)C)N(C)C(=O)N1C[C@@H](C)N(C)C[C@H]1C)C(=O)N1CCC[C@@](O)(N1)C(=O)OCC(C)(C)C2. The smallest absolute Gasteiger partial charge is 0.355 e. The number of urea groups is 1. The molecule has 3 aliphatic heterocycles. The van der Waals surface area contributed by atoms with Crippen LogP contribution in [0, 0.1) is 11.3 Å². The van der Waals surface area contributed by atoms with Crippen molar-refractivity contribution >= 4 is 46.1 Å². The van der Waals surface area contributed by atoms with E-state index in [9.17, 15) is 24.3 Å². The van der Waals surface area contributed by atoms with E-state index >= 15 is 0 Å². The normalized spacial score (nSPS) is 24.1. The standard InChI is InChI=1S/C48H67N9O7S/c1-12-55-38-17-16-32-21-34(38)35(42(55)33-15-13-19-49-40(33)31(6)63-11)23-47(7,8)27-64-45(60)48(62)18-14-20-57(52-48)44(59)36(22-39-50-37(32)26-65-39)51-43(58)41(28(2)3)54(10)46(61)56-25-29(4)53(9)24-30(56)5/h13,15-17,19,21,26,28-31,36,41,52,62H,12,14,18,20,22-25,27H2,1-11H3,(H,51,58)/t29-,30-,31+,36+,41+,48+/m1/s1. The van der Waals surface area contributed by atoms with Crippen LogP contribution >= 0.6 is 11.3 Å². The highest BCUT2D eigenvalue weighted by atomic mass is 32.1. The number of ether oxygens (including phenoxy) is 2. The van der Waals surface area contributed by atoms with E-state index in [-0.39, 0.29) is 62.6 Å². The Balaban J connectivity index is 1.30. The minimum Gasteiger partial charge on any atom is -0.462 e. The molecule has 4 amide bonds. The molecule has 352 valence electrons. The molecule has 0 radical (unpaired) electrons. The van der Waals surface area contributed by atoms with Crippen LogP contribution < -0.4 is 10.7 Å². The van der Waals surface area contributed by atoms with E-state index in [1.807, 2.05) is 60.0 Å². The molecular formula is C48H67N9O7S. The topological polar surface area (TPSA) is 175 Å². The zero-order valence-corrected chi connectivity index (χ0v) is 40.6. The van der Waals surface area contributed by atoms with Gasteiger partial charge in [-0.15, -0.1) is 11.3 Å². The number of hydrogen-bond donors (Lipinski definition) is 3. The molecule has 65 heavy (non-hydrogen) atoms. The van der Waals surface area contributed by atoms with Gasteiger partial charge < -0.3 is 34.3 Å². The second-order valence-electron chi connectivity index (χ2n) is 19.4. The summed E-state index contributed by atoms with van der Waals surface area (Å²) in [6.07, 6.45) is 2.31. The van der Waals surface area contributed by atoms with E-state index in [4.69, 9.17) is 19.4 Å². The quantitative estimate of drug-likeness (QED) is 0.187. The Hall–Kier alpha value is -4.94. The summed E-state index contributed by atoms with van der Waals surface area (Å²) in [6, 6.07) is 8.05. The Morgan fingerprint density at radius 1 is 1.14 bits per heavy atom. The van der Waals surface area contributed by atoms with Gasteiger partial charge in [0.1, 0.15) is 12.1 Å². The van der Waals surface area contributed by atoms with Crippen molar-refractivity contribution in [3.8, 4) is 22.5 Å². The van der Waals surface area contributed by atoms with Crippen LogP contribution in [-0.4, -0.2) is 141 Å². The third kappa shape index (κ3) is 9.66. The van der Waals surface area contributed by atoms with Gasteiger partial charge in [-0.1, -0.05) is 33.8 Å². The second-order valence-corrected chi connectivity index (χ2v) is 20.3. The van der Waals surface area contributed by atoms with E-state index in [0.29, 0.717) is 31.1 Å². The zero-order chi connectivity index (χ0) is 47.1. The lowest BCUT2D eigenvalue weighted by Gasteiger charge is -2.45. The van der Waals surface area contributed by atoms with Gasteiger partial charge in [0.05, 0.1) is 34.8 Å². The molecule has 6 bridgehead atoms. The summed E-state index contributed by atoms with van der Waals surface area (Å²) in [5, 5.41) is 19.6. The maximum atomic E-state index is 14.7. The number of carbonyl (C=O) groups excluding carboxylic acids is 4. The second kappa shape index (κ2) is 19.1. The Kier molecular flexibility index (Phi) is 14.1. The number of amides is 4. The van der Waals surface area contributed by atoms with Crippen LogP contribution in [0.2, 0.25) is 0 Å². The number of hydrazine groups is 1. The average Bonchev–Trinajstić information content (AvgIpc) is 3.86. The molecule has 1 aromatic carbocycles. The highest BCUT2D eigenvalue weighted by Gasteiger charge is 2.46. The van der Waals surface area contributed by atoms with Gasteiger partial charge in [-0.05, 0) is 83.3 Å². The molecule has 3 N–H and O–H groups in total. The van der Waals surface area contributed by atoms with Crippen molar-refractivity contribution in [3.63, 3.8) is 0 Å². The molecular weight excluding hydrogens is 847 g/mol. The van der Waals surface area contributed by atoms with E-state index in [1.54, 1.807) is 25.3 Å². The van der Waals surface area contributed by atoms with Gasteiger partial charge in [0.2, 0.25) is 11.6 Å². The zero-order valence-electron chi connectivity index (χ0n) is 39.8. The number of aromatic nitrogens is 3. The van der Waals surface area contributed by atoms with E-state index in [1.165, 1.54) is 21.2 Å². The number of hydrogen-bond acceptors (Lipinski definition) is 12. The Labute approximate surface area is 386 Å². The van der Waals surface area contributed by atoms with Gasteiger partial charge in [0.15, 0.2) is 0 Å². The highest BCUT2D eigenvalue weighted by Crippen LogP contribution is 2.42. The number of fused-ring (bicyclic) bond motifs is 6. The van der Waals surface area contributed by atoms with Crippen LogP contribution in [0.1, 0.15) is 90.6 Å². The van der Waals surface area contributed by atoms with Crippen molar-refractivity contribution in [1.29, 1.82) is 0 Å². The molecule has 3 aliphatic rings. The molecule has 6 heterocycles. The molecule has 17 heteroatoms. The van der Waals surface area contributed by atoms with Gasteiger partial charge in [0.25, 0.3) is 5.91 Å². The fraction of sp³-hybridized carbons (Fsp3) is 0.583. The van der Waals surface area contributed by atoms with E-state index < -0.39 is 41.0 Å². The molecule has 2 saturated heterocycles. The first kappa shape index (κ1) is 48.0. The Morgan fingerprint density at radius 3 is 2.60 bits per heavy atom. The number of esters is 1. The summed E-state index contributed by atoms with van der Waals surface area (Å²) in [5.41, 5.74) is 6.38. The van der Waals surface area contributed by atoms with E-state index in [0.717, 1.165) is 44.7 Å². The van der Waals surface area contributed by atoms with Gasteiger partial charge >= 0.3 is 12.0 Å². The molecule has 3 aromatic heterocycles. The van der Waals surface area contributed by atoms with Crippen LogP contribution in [-0.2, 0) is 43.2 Å². The maximum absolute atomic E-state index is 14.7.